The maximum Gasteiger partial charge on any atom is 0.159 e. The molecule has 0 N–H and O–H groups in total. The molecule has 0 spiro atoms. The van der Waals surface area contributed by atoms with Crippen LogP contribution in [-0.2, 0) is 11.2 Å². The summed E-state index contributed by atoms with van der Waals surface area (Å²) in [5.74, 6) is 0.321. The van der Waals surface area contributed by atoms with E-state index in [0.717, 1.165) is 30.2 Å². The zero-order valence-corrected chi connectivity index (χ0v) is 12.3. The predicted octanol–water partition coefficient (Wildman–Crippen LogP) is 2.83. The first-order chi connectivity index (χ1) is 8.56. The minimum Gasteiger partial charge on any atom is -0.297 e. The van der Waals surface area contributed by atoms with Gasteiger partial charge in [0.25, 0.3) is 0 Å². The fraction of sp³-hybridized carbons (Fsp3) is 0.714. The van der Waals surface area contributed by atoms with Crippen molar-refractivity contribution in [2.24, 2.45) is 0 Å². The molecule has 4 heteroatoms. The largest absolute Gasteiger partial charge is 0.297 e. The van der Waals surface area contributed by atoms with E-state index in [9.17, 15) is 4.79 Å². The van der Waals surface area contributed by atoms with Crippen LogP contribution in [0.1, 0.15) is 43.8 Å². The van der Waals surface area contributed by atoms with Gasteiger partial charge < -0.3 is 0 Å². The molecule has 1 aliphatic heterocycles. The molecule has 0 aliphatic carbocycles. The van der Waals surface area contributed by atoms with Gasteiger partial charge in [-0.2, -0.15) is 0 Å². The third-order valence-corrected chi connectivity index (χ3v) is 5.04. The molecule has 18 heavy (non-hydrogen) atoms. The Labute approximate surface area is 113 Å². The summed E-state index contributed by atoms with van der Waals surface area (Å²) < 4.78 is 0. The first kappa shape index (κ1) is 13.7. The topological polar surface area (TPSA) is 33.2 Å². The number of aromatic nitrogens is 1. The molecule has 0 aromatic carbocycles. The first-order valence-corrected chi connectivity index (χ1v) is 7.63. The number of thiazole rings is 1. The molecule has 0 amide bonds. The highest BCUT2D eigenvalue weighted by atomic mass is 32.1. The average molecular weight is 266 g/mol. The molecule has 1 fully saturated rings. The maximum atomic E-state index is 12.6. The van der Waals surface area contributed by atoms with Crippen molar-refractivity contribution < 1.29 is 4.79 Å². The van der Waals surface area contributed by atoms with E-state index >= 15 is 0 Å². The van der Waals surface area contributed by atoms with Crippen molar-refractivity contribution in [3.8, 4) is 0 Å². The molecule has 1 aromatic heterocycles. The smallest absolute Gasteiger partial charge is 0.159 e. The summed E-state index contributed by atoms with van der Waals surface area (Å²) in [5, 5.41) is 2.97. The molecular formula is C14H22N2OS. The summed E-state index contributed by atoms with van der Waals surface area (Å²) in [6.07, 6.45) is 3.81. The fourth-order valence-electron chi connectivity index (χ4n) is 2.62. The molecule has 0 bridgehead atoms. The van der Waals surface area contributed by atoms with Crippen molar-refractivity contribution in [3.63, 3.8) is 0 Å². The van der Waals surface area contributed by atoms with E-state index < -0.39 is 0 Å². The van der Waals surface area contributed by atoms with Crippen molar-refractivity contribution in [1.82, 2.24) is 9.88 Å². The monoisotopic (exact) mass is 266 g/mol. The number of likely N-dealkylation sites (tertiary alicyclic amines) is 1. The van der Waals surface area contributed by atoms with Gasteiger partial charge in [0.05, 0.1) is 12.0 Å². The number of carbonyl (C=O) groups is 1. The van der Waals surface area contributed by atoms with Crippen LogP contribution in [0.3, 0.4) is 0 Å². The summed E-state index contributed by atoms with van der Waals surface area (Å²) in [5.41, 5.74) is 0.720. The molecule has 1 aromatic rings. The number of carbonyl (C=O) groups excluding carboxylic acids is 1. The third kappa shape index (κ3) is 2.64. The molecule has 0 saturated carbocycles. The predicted molar refractivity (Wildman–Crippen MR) is 75.1 cm³/mol. The lowest BCUT2D eigenvalue weighted by atomic mass is 9.89. The van der Waals surface area contributed by atoms with Gasteiger partial charge in [0.2, 0.25) is 0 Å². The van der Waals surface area contributed by atoms with E-state index in [0.29, 0.717) is 12.2 Å². The second-order valence-corrected chi connectivity index (χ2v) is 6.25. The Morgan fingerprint density at radius 3 is 2.67 bits per heavy atom. The van der Waals surface area contributed by atoms with Gasteiger partial charge in [0, 0.05) is 11.1 Å². The molecule has 2 heterocycles. The number of hydrogen-bond acceptors (Lipinski definition) is 4. The maximum absolute atomic E-state index is 12.6. The van der Waals surface area contributed by atoms with Crippen LogP contribution in [0.2, 0.25) is 0 Å². The molecule has 1 unspecified atom stereocenters. The molecule has 3 nitrogen and oxygen atoms in total. The lowest BCUT2D eigenvalue weighted by Gasteiger charge is -2.36. The normalized spacial score (nSPS) is 19.9. The van der Waals surface area contributed by atoms with Crippen LogP contribution in [-0.4, -0.2) is 34.3 Å². The van der Waals surface area contributed by atoms with Gasteiger partial charge >= 0.3 is 0 Å². The van der Waals surface area contributed by atoms with Crippen molar-refractivity contribution in [3.05, 3.63) is 16.1 Å². The number of Topliss-reactive ketones (excluding diaryl/α,β-unsaturated/α-hetero) is 1. The van der Waals surface area contributed by atoms with Crippen LogP contribution in [0.25, 0.3) is 0 Å². The molecule has 0 radical (unpaired) electrons. The second-order valence-electron chi connectivity index (χ2n) is 5.30. The van der Waals surface area contributed by atoms with Gasteiger partial charge in [-0.15, -0.1) is 11.3 Å². The summed E-state index contributed by atoms with van der Waals surface area (Å²) in [7, 11) is 0. The minimum atomic E-state index is -0.296. The van der Waals surface area contributed by atoms with Crippen molar-refractivity contribution >= 4 is 17.1 Å². The second kappa shape index (κ2) is 5.49. The summed E-state index contributed by atoms with van der Waals surface area (Å²) in [6, 6.07) is 0. The molecule has 100 valence electrons. The highest BCUT2D eigenvalue weighted by Gasteiger charge is 2.38. The van der Waals surface area contributed by atoms with Crippen molar-refractivity contribution in [2.75, 3.05) is 13.1 Å². The Morgan fingerprint density at radius 2 is 2.17 bits per heavy atom. The minimum absolute atomic E-state index is 0.296. The van der Waals surface area contributed by atoms with E-state index in [2.05, 4.69) is 23.7 Å². The van der Waals surface area contributed by atoms with Gasteiger partial charge in [0.15, 0.2) is 5.78 Å². The van der Waals surface area contributed by atoms with Crippen LogP contribution in [0.15, 0.2) is 5.38 Å². The number of nitrogens with zero attached hydrogens (tertiary/aromatic N) is 2. The lowest BCUT2D eigenvalue weighted by Crippen LogP contribution is -2.51. The summed E-state index contributed by atoms with van der Waals surface area (Å²) in [6.45, 7) is 8.31. The molecule has 1 saturated heterocycles. The van der Waals surface area contributed by atoms with E-state index in [1.165, 1.54) is 12.8 Å². The van der Waals surface area contributed by atoms with Crippen LogP contribution in [0.4, 0.5) is 0 Å². The van der Waals surface area contributed by atoms with Crippen molar-refractivity contribution in [1.29, 1.82) is 0 Å². The van der Waals surface area contributed by atoms with Gasteiger partial charge in [-0.25, -0.2) is 4.98 Å². The highest BCUT2D eigenvalue weighted by Crippen LogP contribution is 2.27. The fourth-order valence-corrected chi connectivity index (χ4v) is 3.39. The number of rotatable bonds is 5. The summed E-state index contributed by atoms with van der Waals surface area (Å²) in [4.78, 5) is 19.3. The van der Waals surface area contributed by atoms with Crippen LogP contribution < -0.4 is 0 Å². The van der Waals surface area contributed by atoms with Crippen LogP contribution in [0, 0.1) is 6.92 Å². The van der Waals surface area contributed by atoms with E-state index in [1.807, 2.05) is 12.3 Å². The first-order valence-electron chi connectivity index (χ1n) is 6.75. The molecule has 2 rings (SSSR count). The van der Waals surface area contributed by atoms with Crippen LogP contribution in [0.5, 0.6) is 0 Å². The molecule has 1 aliphatic rings. The quantitative estimate of drug-likeness (QED) is 0.821. The lowest BCUT2D eigenvalue weighted by molar-refractivity contribution is -0.129. The summed E-state index contributed by atoms with van der Waals surface area (Å²) >= 11 is 1.60. The zero-order valence-electron chi connectivity index (χ0n) is 11.5. The zero-order chi connectivity index (χ0) is 13.2. The van der Waals surface area contributed by atoms with Gasteiger partial charge in [-0.3, -0.25) is 9.69 Å². The number of ketones is 1. The standard InChI is InChI=1S/C14H22N2OS/c1-4-14(3,16-7-5-6-8-16)12(17)9-13-15-11(2)10-18-13/h10H,4-9H2,1-3H3. The van der Waals surface area contributed by atoms with Gasteiger partial charge in [0.1, 0.15) is 5.01 Å². The average Bonchev–Trinajstić information content (AvgIpc) is 2.99. The van der Waals surface area contributed by atoms with Crippen LogP contribution >= 0.6 is 11.3 Å². The molecular weight excluding hydrogens is 244 g/mol. The molecule has 1 atom stereocenters. The van der Waals surface area contributed by atoms with E-state index in [-0.39, 0.29) is 5.54 Å². The SMILES string of the molecule is CCC(C)(C(=O)Cc1nc(C)cs1)N1CCCC1. The van der Waals surface area contributed by atoms with Crippen molar-refractivity contribution in [2.45, 2.75) is 52.0 Å². The van der Waals surface area contributed by atoms with Gasteiger partial charge in [-0.1, -0.05) is 6.92 Å². The Bertz CT molecular complexity index is 423. The van der Waals surface area contributed by atoms with E-state index in [1.54, 1.807) is 11.3 Å². The Morgan fingerprint density at radius 1 is 1.50 bits per heavy atom. The number of hydrogen-bond donors (Lipinski definition) is 0. The van der Waals surface area contributed by atoms with Gasteiger partial charge in [-0.05, 0) is 46.2 Å². The third-order valence-electron chi connectivity index (χ3n) is 4.07. The highest BCUT2D eigenvalue weighted by molar-refractivity contribution is 7.09. The Hall–Kier alpha value is -0.740. The number of aryl methyl sites for hydroxylation is 1. The Balaban J connectivity index is 2.09. The Kier molecular flexibility index (Phi) is 4.17. The van der Waals surface area contributed by atoms with E-state index in [4.69, 9.17) is 0 Å².